The van der Waals surface area contributed by atoms with Crippen molar-refractivity contribution in [2.24, 2.45) is 23.7 Å². The quantitative estimate of drug-likeness (QED) is 0.369. The second-order valence-corrected chi connectivity index (χ2v) is 19.8. The highest BCUT2D eigenvalue weighted by Crippen LogP contribution is 2.47. The molecule has 4 saturated carbocycles. The fourth-order valence-electron chi connectivity index (χ4n) is 10.0. The molecule has 1 aromatic carbocycles. The molecule has 57 heavy (non-hydrogen) atoms. The van der Waals surface area contributed by atoms with E-state index in [2.05, 4.69) is 10.0 Å². The van der Waals surface area contributed by atoms with Gasteiger partial charge in [-0.2, -0.15) is 4.98 Å². The first-order chi connectivity index (χ1) is 27.4. The van der Waals surface area contributed by atoms with Crippen molar-refractivity contribution in [1.29, 1.82) is 0 Å². The third-order valence-electron chi connectivity index (χ3n) is 13.6. The third-order valence-corrected chi connectivity index (χ3v) is 15.6. The SMILES string of the molecule is CC[C@H]1C[C@]1(NC(=O)[C@@H]1C[C@@H]2CN1C(=O)[C@H](C1CCCC1)CC(=O)O[C@@H]1CCC[C@H]1CCCCCn1c(nc3cc(Cl)ccc3c1=O)O2)C(=O)NS(=O)(=O)C1CC1. The Balaban J connectivity index is 1.14. The number of rotatable bonds is 7. The first-order valence-corrected chi connectivity index (χ1v) is 23.0. The van der Waals surface area contributed by atoms with Crippen LogP contribution >= 0.6 is 11.6 Å². The number of hydrogen-bond donors (Lipinski definition) is 2. The van der Waals surface area contributed by atoms with Crippen molar-refractivity contribution in [2.75, 3.05) is 6.54 Å². The van der Waals surface area contributed by atoms with Crippen LogP contribution in [0.5, 0.6) is 6.01 Å². The van der Waals surface area contributed by atoms with Gasteiger partial charge in [-0.25, -0.2) is 8.42 Å². The second kappa shape index (κ2) is 16.1. The average molecular weight is 828 g/mol. The first-order valence-electron chi connectivity index (χ1n) is 21.1. The number of ether oxygens (including phenoxy) is 2. The molecule has 0 spiro atoms. The van der Waals surface area contributed by atoms with Gasteiger partial charge in [-0.15, -0.1) is 0 Å². The number of carbonyl (C=O) groups excluding carboxylic acids is 4. The predicted octanol–water partition coefficient (Wildman–Crippen LogP) is 4.77. The molecule has 16 heteroatoms. The predicted molar refractivity (Wildman–Crippen MR) is 211 cm³/mol. The molecule has 3 heterocycles. The Labute approximate surface area is 338 Å². The fourth-order valence-corrected chi connectivity index (χ4v) is 11.6. The smallest absolute Gasteiger partial charge is 0.306 e. The van der Waals surface area contributed by atoms with E-state index in [1.165, 1.54) is 9.47 Å². The van der Waals surface area contributed by atoms with Gasteiger partial charge >= 0.3 is 5.97 Å². The molecule has 5 fully saturated rings. The molecule has 7 atom stereocenters. The Kier molecular flexibility index (Phi) is 11.4. The lowest BCUT2D eigenvalue weighted by atomic mass is 9.86. The van der Waals surface area contributed by atoms with Gasteiger partial charge in [0.05, 0.1) is 35.0 Å². The number of fused-ring (bicyclic) bond motifs is 5. The maximum absolute atomic E-state index is 14.9. The van der Waals surface area contributed by atoms with Crippen LogP contribution in [0.2, 0.25) is 5.02 Å². The summed E-state index contributed by atoms with van der Waals surface area (Å²) in [7, 11) is -3.88. The van der Waals surface area contributed by atoms with E-state index < -0.39 is 56.7 Å². The number of esters is 1. The number of carbonyl (C=O) groups is 4. The Morgan fingerprint density at radius 2 is 1.68 bits per heavy atom. The topological polar surface area (TPSA) is 183 Å². The van der Waals surface area contributed by atoms with Gasteiger partial charge in [0.15, 0.2) is 0 Å². The molecule has 8 rings (SSSR count). The zero-order chi connectivity index (χ0) is 40.1. The van der Waals surface area contributed by atoms with E-state index in [1.54, 1.807) is 18.2 Å². The maximum Gasteiger partial charge on any atom is 0.306 e. The third kappa shape index (κ3) is 8.29. The average Bonchev–Trinajstić information content (AvgIpc) is 3.96. The highest BCUT2D eigenvalue weighted by atomic mass is 35.5. The fraction of sp³-hybridized carbons (Fsp3) is 0.707. The summed E-state index contributed by atoms with van der Waals surface area (Å²) in [6, 6.07) is 3.85. The highest BCUT2D eigenvalue weighted by Gasteiger charge is 2.62. The summed E-state index contributed by atoms with van der Waals surface area (Å²) in [5.74, 6) is -2.99. The van der Waals surface area contributed by atoms with Crippen LogP contribution in [0.3, 0.4) is 0 Å². The largest absolute Gasteiger partial charge is 0.462 e. The minimum Gasteiger partial charge on any atom is -0.462 e. The number of aromatic nitrogens is 2. The van der Waals surface area contributed by atoms with Crippen LogP contribution in [0.25, 0.3) is 10.9 Å². The molecule has 0 unspecified atom stereocenters. The Hall–Kier alpha value is -3.72. The molecule has 14 nitrogen and oxygen atoms in total. The molecular weight excluding hydrogens is 774 g/mol. The molecule has 2 bridgehead atoms. The van der Waals surface area contributed by atoms with Crippen LogP contribution < -0.4 is 20.3 Å². The van der Waals surface area contributed by atoms with Crippen molar-refractivity contribution in [3.05, 3.63) is 33.6 Å². The zero-order valence-electron chi connectivity index (χ0n) is 32.6. The van der Waals surface area contributed by atoms with Gasteiger partial charge < -0.3 is 19.7 Å². The lowest BCUT2D eigenvalue weighted by Crippen LogP contribution is -2.57. The van der Waals surface area contributed by atoms with Crippen LogP contribution in [0, 0.1) is 23.7 Å². The number of hydrogen-bond acceptors (Lipinski definition) is 10. The number of amides is 3. The van der Waals surface area contributed by atoms with E-state index in [-0.39, 0.29) is 67.1 Å². The molecule has 2 aromatic rings. The highest BCUT2D eigenvalue weighted by molar-refractivity contribution is 7.91. The van der Waals surface area contributed by atoms with Crippen molar-refractivity contribution in [1.82, 2.24) is 24.5 Å². The Morgan fingerprint density at radius 3 is 2.42 bits per heavy atom. The number of halogens is 1. The second-order valence-electron chi connectivity index (χ2n) is 17.4. The van der Waals surface area contributed by atoms with Gasteiger partial charge in [0, 0.05) is 18.0 Å². The van der Waals surface area contributed by atoms with Crippen molar-refractivity contribution in [2.45, 2.75) is 152 Å². The number of nitrogens with zero attached hydrogens (tertiary/aromatic N) is 3. The minimum atomic E-state index is -3.88. The van der Waals surface area contributed by atoms with Crippen LogP contribution in [-0.4, -0.2) is 82.1 Å². The van der Waals surface area contributed by atoms with E-state index in [9.17, 15) is 32.4 Å². The van der Waals surface area contributed by atoms with E-state index in [0.29, 0.717) is 48.2 Å². The molecule has 1 saturated heterocycles. The van der Waals surface area contributed by atoms with Gasteiger partial charge in [-0.05, 0) is 100 Å². The molecule has 2 N–H and O–H groups in total. The van der Waals surface area contributed by atoms with Crippen molar-refractivity contribution < 1.29 is 37.1 Å². The molecule has 0 radical (unpaired) electrons. The van der Waals surface area contributed by atoms with Crippen LogP contribution in [-0.2, 0) is 40.5 Å². The van der Waals surface area contributed by atoms with E-state index in [1.807, 2.05) is 6.92 Å². The minimum absolute atomic E-state index is 0.0154. The molecular formula is C41H54ClN5O9S. The van der Waals surface area contributed by atoms with Gasteiger partial charge in [0.1, 0.15) is 23.8 Å². The summed E-state index contributed by atoms with van der Waals surface area (Å²) in [4.78, 5) is 77.1. The summed E-state index contributed by atoms with van der Waals surface area (Å²) in [5.41, 5.74) is -1.36. The first kappa shape index (κ1) is 40.1. The Morgan fingerprint density at radius 1 is 0.947 bits per heavy atom. The van der Waals surface area contributed by atoms with Crippen LogP contribution in [0.15, 0.2) is 23.0 Å². The van der Waals surface area contributed by atoms with Crippen molar-refractivity contribution in [3.8, 4) is 6.01 Å². The lowest BCUT2D eigenvalue weighted by Gasteiger charge is -2.32. The lowest BCUT2D eigenvalue weighted by molar-refractivity contribution is -0.156. The number of benzene rings is 1. The van der Waals surface area contributed by atoms with E-state index in [0.717, 1.165) is 64.2 Å². The summed E-state index contributed by atoms with van der Waals surface area (Å²) in [6.07, 6.45) is 10.1. The standard InChI is InChI=1S/C41H54ClN5O9S/c1-2-26-22-41(26,39(52)45-57(53,54)29-15-16-29)44-36(49)33-20-28-23-47(33)38(51)31(24-9-5-6-10-24)21-35(48)56-34-13-8-12-25(34)11-4-3-7-18-46-37(50)30-17-14-27(42)19-32(30)43-40(46)55-28/h14,17,19,24-26,28-29,31,33-34H,2-13,15-16,18,20-23H2,1H3,(H,44,49)(H,45,52)/t25-,26+,28-,31+,33+,34-,41-/m1/s1. The monoisotopic (exact) mass is 827 g/mol. The van der Waals surface area contributed by atoms with Crippen LogP contribution in [0.1, 0.15) is 116 Å². The van der Waals surface area contributed by atoms with Gasteiger partial charge in [-0.3, -0.25) is 33.3 Å². The molecule has 310 valence electrons. The van der Waals surface area contributed by atoms with Gasteiger partial charge in [-0.1, -0.05) is 50.6 Å². The summed E-state index contributed by atoms with van der Waals surface area (Å²) < 4.78 is 42.1. The van der Waals surface area contributed by atoms with Crippen molar-refractivity contribution in [3.63, 3.8) is 0 Å². The molecule has 6 aliphatic rings. The van der Waals surface area contributed by atoms with E-state index >= 15 is 0 Å². The summed E-state index contributed by atoms with van der Waals surface area (Å²) >= 11 is 6.32. The molecule has 3 amide bonds. The maximum atomic E-state index is 14.9. The molecule has 2 aliphatic heterocycles. The van der Waals surface area contributed by atoms with Crippen molar-refractivity contribution >= 4 is 56.2 Å². The Bertz CT molecular complexity index is 2090. The number of nitrogens with one attached hydrogen (secondary N) is 2. The van der Waals surface area contributed by atoms with E-state index in [4.69, 9.17) is 26.1 Å². The molecule has 4 aliphatic carbocycles. The van der Waals surface area contributed by atoms with Crippen LogP contribution in [0.4, 0.5) is 0 Å². The van der Waals surface area contributed by atoms with Gasteiger partial charge in [0.25, 0.3) is 17.5 Å². The zero-order valence-corrected chi connectivity index (χ0v) is 34.2. The van der Waals surface area contributed by atoms with Gasteiger partial charge in [0.2, 0.25) is 21.8 Å². The normalized spacial score (nSPS) is 31.4. The summed E-state index contributed by atoms with van der Waals surface area (Å²) in [6.45, 7) is 2.18. The summed E-state index contributed by atoms with van der Waals surface area (Å²) in [5, 5.41) is 3.09. The molecule has 1 aromatic heterocycles. The number of sulfonamides is 1.